The third kappa shape index (κ3) is 3.68. The number of nitrogens with one attached hydrogen (secondary N) is 1. The molecule has 1 aromatic carbocycles. The molecule has 0 unspecified atom stereocenters. The molecule has 0 saturated carbocycles. The lowest BCUT2D eigenvalue weighted by atomic mass is 10.3. The fourth-order valence-electron chi connectivity index (χ4n) is 1.85. The van der Waals surface area contributed by atoms with E-state index in [2.05, 4.69) is 51.2 Å². The smallest absolute Gasteiger partial charge is 0.0835 e. The Morgan fingerprint density at radius 1 is 1.21 bits per heavy atom. The molecule has 0 saturated heterocycles. The molecule has 0 atom stereocenters. The molecule has 0 radical (unpaired) electrons. The van der Waals surface area contributed by atoms with E-state index >= 15 is 0 Å². The zero-order valence-electron chi connectivity index (χ0n) is 10.6. The van der Waals surface area contributed by atoms with E-state index in [9.17, 15) is 0 Å². The molecule has 0 aliphatic carbocycles. The van der Waals surface area contributed by atoms with E-state index in [0.717, 1.165) is 29.7 Å². The number of aryl methyl sites for hydroxylation is 1. The van der Waals surface area contributed by atoms with Crippen LogP contribution in [-0.2, 0) is 13.1 Å². The normalized spacial score (nSPS) is 10.7. The Balaban J connectivity index is 2.04. The summed E-state index contributed by atoms with van der Waals surface area (Å²) in [5, 5.41) is 4.38. The summed E-state index contributed by atoms with van der Waals surface area (Å²) in [5.41, 5.74) is 2.07. The van der Waals surface area contributed by atoms with Crippen LogP contribution in [0.15, 0.2) is 35.1 Å². The summed E-state index contributed by atoms with van der Waals surface area (Å²) in [4.78, 5) is 0. The zero-order valence-corrected chi connectivity index (χ0v) is 13.7. The van der Waals surface area contributed by atoms with Crippen LogP contribution >= 0.6 is 39.1 Å². The second-order valence-electron chi connectivity index (χ2n) is 4.33. The lowest BCUT2D eigenvalue weighted by Crippen LogP contribution is -1.99. The summed E-state index contributed by atoms with van der Waals surface area (Å²) in [6.07, 6.45) is 5.37. The van der Waals surface area contributed by atoms with Crippen LogP contribution in [0.1, 0.15) is 18.9 Å². The van der Waals surface area contributed by atoms with Gasteiger partial charge in [-0.3, -0.25) is 0 Å². The van der Waals surface area contributed by atoms with Gasteiger partial charge in [0.25, 0.3) is 0 Å². The Morgan fingerprint density at radius 2 is 2.00 bits per heavy atom. The Labute approximate surface area is 131 Å². The van der Waals surface area contributed by atoms with E-state index < -0.39 is 0 Å². The number of aromatic nitrogens is 1. The summed E-state index contributed by atoms with van der Waals surface area (Å²) in [7, 11) is 0. The fraction of sp³-hybridized carbons (Fsp3) is 0.286. The van der Waals surface area contributed by atoms with Crippen LogP contribution in [-0.4, -0.2) is 4.57 Å². The quantitative estimate of drug-likeness (QED) is 0.688. The first-order valence-corrected chi connectivity index (χ1v) is 7.68. The molecule has 2 aromatic rings. The zero-order chi connectivity index (χ0) is 13.8. The summed E-state index contributed by atoms with van der Waals surface area (Å²) in [6.45, 7) is 3.95. The van der Waals surface area contributed by atoms with Gasteiger partial charge < -0.3 is 9.88 Å². The highest BCUT2D eigenvalue weighted by atomic mass is 79.9. The SMILES string of the molecule is CCCn1ccc(CNc2ccc(Br)c(Cl)c2Cl)c1. The van der Waals surface area contributed by atoms with Gasteiger partial charge >= 0.3 is 0 Å². The summed E-state index contributed by atoms with van der Waals surface area (Å²) in [6, 6.07) is 5.91. The van der Waals surface area contributed by atoms with Crippen LogP contribution in [0.2, 0.25) is 10.0 Å². The standard InChI is InChI=1S/C14H15BrCl2N2/c1-2-6-19-7-5-10(9-19)8-18-12-4-3-11(15)13(16)14(12)17/h3-5,7,9,18H,2,6,8H2,1H3. The van der Waals surface area contributed by atoms with E-state index in [1.807, 2.05) is 12.1 Å². The van der Waals surface area contributed by atoms with E-state index in [0.29, 0.717) is 10.0 Å². The van der Waals surface area contributed by atoms with Gasteiger partial charge in [-0.25, -0.2) is 0 Å². The van der Waals surface area contributed by atoms with Crippen molar-refractivity contribution in [1.29, 1.82) is 0 Å². The van der Waals surface area contributed by atoms with Gasteiger partial charge in [-0.2, -0.15) is 0 Å². The highest BCUT2D eigenvalue weighted by molar-refractivity contribution is 9.10. The third-order valence-electron chi connectivity index (χ3n) is 2.81. The highest BCUT2D eigenvalue weighted by Gasteiger charge is 2.08. The van der Waals surface area contributed by atoms with Gasteiger partial charge in [0.05, 0.1) is 15.7 Å². The lowest BCUT2D eigenvalue weighted by molar-refractivity contribution is 0.682. The molecule has 1 N–H and O–H groups in total. The topological polar surface area (TPSA) is 17.0 Å². The van der Waals surface area contributed by atoms with Crippen molar-refractivity contribution in [2.45, 2.75) is 26.4 Å². The maximum atomic E-state index is 6.19. The predicted octanol–water partition coefficient (Wildman–Crippen LogP) is 5.58. The van der Waals surface area contributed by atoms with Gasteiger partial charge in [0.15, 0.2) is 0 Å². The monoisotopic (exact) mass is 360 g/mol. The summed E-state index contributed by atoms with van der Waals surface area (Å²) >= 11 is 15.6. The first kappa shape index (κ1) is 14.8. The minimum absolute atomic E-state index is 0.537. The Bertz CT molecular complexity index is 567. The van der Waals surface area contributed by atoms with Crippen molar-refractivity contribution in [3.8, 4) is 0 Å². The van der Waals surface area contributed by atoms with Crippen LogP contribution in [0.25, 0.3) is 0 Å². The molecule has 19 heavy (non-hydrogen) atoms. The van der Waals surface area contributed by atoms with Crippen LogP contribution in [0.3, 0.4) is 0 Å². The maximum absolute atomic E-state index is 6.19. The van der Waals surface area contributed by atoms with E-state index in [-0.39, 0.29) is 0 Å². The van der Waals surface area contributed by atoms with E-state index in [4.69, 9.17) is 23.2 Å². The minimum Gasteiger partial charge on any atom is -0.380 e. The average molecular weight is 362 g/mol. The molecular weight excluding hydrogens is 347 g/mol. The maximum Gasteiger partial charge on any atom is 0.0835 e. The molecule has 5 heteroatoms. The molecule has 1 aromatic heterocycles. The lowest BCUT2D eigenvalue weighted by Gasteiger charge is -2.09. The first-order valence-electron chi connectivity index (χ1n) is 6.14. The number of benzene rings is 1. The van der Waals surface area contributed by atoms with Gasteiger partial charge in [0.1, 0.15) is 0 Å². The molecule has 0 fully saturated rings. The molecule has 2 rings (SSSR count). The minimum atomic E-state index is 0.537. The number of nitrogens with zero attached hydrogens (tertiary/aromatic N) is 1. The van der Waals surface area contributed by atoms with Crippen molar-refractivity contribution in [1.82, 2.24) is 4.57 Å². The molecule has 0 bridgehead atoms. The largest absolute Gasteiger partial charge is 0.380 e. The van der Waals surface area contributed by atoms with Gasteiger partial charge in [-0.05, 0) is 46.1 Å². The fourth-order valence-corrected chi connectivity index (χ4v) is 2.69. The molecule has 0 amide bonds. The molecule has 1 heterocycles. The Morgan fingerprint density at radius 3 is 2.74 bits per heavy atom. The molecule has 2 nitrogen and oxygen atoms in total. The number of halogens is 3. The number of hydrogen-bond donors (Lipinski definition) is 1. The second kappa shape index (κ2) is 6.69. The van der Waals surface area contributed by atoms with Crippen molar-refractivity contribution in [2.24, 2.45) is 0 Å². The van der Waals surface area contributed by atoms with Gasteiger partial charge in [-0.15, -0.1) is 0 Å². The average Bonchev–Trinajstić information content (AvgIpc) is 2.83. The number of anilines is 1. The molecule has 0 spiro atoms. The van der Waals surface area contributed by atoms with Crippen LogP contribution in [0.5, 0.6) is 0 Å². The Kier molecular flexibility index (Phi) is 5.20. The highest BCUT2D eigenvalue weighted by Crippen LogP contribution is 2.35. The van der Waals surface area contributed by atoms with Crippen LogP contribution < -0.4 is 5.32 Å². The third-order valence-corrected chi connectivity index (χ3v) is 4.58. The van der Waals surface area contributed by atoms with Gasteiger partial charge in [0, 0.05) is 30.0 Å². The predicted molar refractivity (Wildman–Crippen MR) is 86.2 cm³/mol. The summed E-state index contributed by atoms with van der Waals surface area (Å²) < 4.78 is 2.99. The molecular formula is C14H15BrCl2N2. The first-order chi connectivity index (χ1) is 9.11. The molecule has 0 aliphatic rings. The second-order valence-corrected chi connectivity index (χ2v) is 5.94. The van der Waals surface area contributed by atoms with E-state index in [1.54, 1.807) is 0 Å². The van der Waals surface area contributed by atoms with Crippen molar-refractivity contribution in [2.75, 3.05) is 5.32 Å². The molecule has 102 valence electrons. The van der Waals surface area contributed by atoms with Crippen LogP contribution in [0.4, 0.5) is 5.69 Å². The Hall–Kier alpha value is -0.640. The molecule has 0 aliphatic heterocycles. The summed E-state index contributed by atoms with van der Waals surface area (Å²) in [5.74, 6) is 0. The van der Waals surface area contributed by atoms with Crippen LogP contribution in [0, 0.1) is 0 Å². The van der Waals surface area contributed by atoms with Crippen molar-refractivity contribution in [3.63, 3.8) is 0 Å². The van der Waals surface area contributed by atoms with Crippen molar-refractivity contribution >= 4 is 44.8 Å². The van der Waals surface area contributed by atoms with Gasteiger partial charge in [0.2, 0.25) is 0 Å². The van der Waals surface area contributed by atoms with Crippen molar-refractivity contribution in [3.05, 3.63) is 50.7 Å². The van der Waals surface area contributed by atoms with Gasteiger partial charge in [-0.1, -0.05) is 30.1 Å². The van der Waals surface area contributed by atoms with E-state index in [1.165, 1.54) is 5.56 Å². The van der Waals surface area contributed by atoms with Crippen molar-refractivity contribution < 1.29 is 0 Å². The number of hydrogen-bond acceptors (Lipinski definition) is 1. The number of rotatable bonds is 5.